The van der Waals surface area contributed by atoms with Crippen LogP contribution in [-0.4, -0.2) is 57.6 Å². The molecule has 0 radical (unpaired) electrons. The van der Waals surface area contributed by atoms with Gasteiger partial charge in [0.2, 0.25) is 0 Å². The number of nitrogens with zero attached hydrogens (tertiary/aromatic N) is 4. The summed E-state index contributed by atoms with van der Waals surface area (Å²) in [6.07, 6.45) is -0.447. The summed E-state index contributed by atoms with van der Waals surface area (Å²) in [5, 5.41) is 15.2. The Morgan fingerprint density at radius 1 is 0.964 bits per heavy atom. The van der Waals surface area contributed by atoms with Gasteiger partial charge in [0.15, 0.2) is 5.82 Å². The van der Waals surface area contributed by atoms with E-state index in [4.69, 9.17) is 9.47 Å². The fourth-order valence-electron chi connectivity index (χ4n) is 3.85. The van der Waals surface area contributed by atoms with Crippen molar-refractivity contribution < 1.29 is 14.3 Å². The van der Waals surface area contributed by atoms with E-state index < -0.39 is 0 Å². The molecule has 8 nitrogen and oxygen atoms in total. The molecule has 2 saturated heterocycles. The molecule has 2 aromatic carbocycles. The zero-order chi connectivity index (χ0) is 18.9. The van der Waals surface area contributed by atoms with Crippen molar-refractivity contribution in [1.82, 2.24) is 25.5 Å². The van der Waals surface area contributed by atoms with E-state index in [2.05, 4.69) is 20.8 Å². The van der Waals surface area contributed by atoms with Crippen LogP contribution in [0.1, 0.15) is 16.4 Å². The number of rotatable bonds is 4. The van der Waals surface area contributed by atoms with Crippen molar-refractivity contribution in [2.45, 2.75) is 24.3 Å². The van der Waals surface area contributed by atoms with Gasteiger partial charge < -0.3 is 14.8 Å². The number of carbonyl (C=O) groups is 1. The quantitative estimate of drug-likeness (QED) is 0.741. The van der Waals surface area contributed by atoms with E-state index in [1.807, 2.05) is 48.5 Å². The van der Waals surface area contributed by atoms with Crippen molar-refractivity contribution in [2.24, 2.45) is 0 Å². The van der Waals surface area contributed by atoms with Crippen LogP contribution in [0.15, 0.2) is 60.7 Å². The Morgan fingerprint density at radius 2 is 1.68 bits per heavy atom. The fourth-order valence-corrected chi connectivity index (χ4v) is 3.85. The summed E-state index contributed by atoms with van der Waals surface area (Å²) in [5.74, 6) is 0.546. The van der Waals surface area contributed by atoms with Crippen molar-refractivity contribution >= 4 is 5.91 Å². The Labute approximate surface area is 161 Å². The summed E-state index contributed by atoms with van der Waals surface area (Å²) < 4.78 is 13.8. The smallest absolute Gasteiger partial charge is 0.251 e. The molecule has 2 aliphatic heterocycles. The van der Waals surface area contributed by atoms with E-state index >= 15 is 0 Å². The van der Waals surface area contributed by atoms with Crippen LogP contribution in [-0.2, 0) is 9.47 Å². The highest BCUT2D eigenvalue weighted by molar-refractivity contribution is 5.94. The molecule has 28 heavy (non-hydrogen) atoms. The Bertz CT molecular complexity index is 962. The van der Waals surface area contributed by atoms with E-state index in [0.29, 0.717) is 24.6 Å². The molecule has 0 spiro atoms. The van der Waals surface area contributed by atoms with E-state index in [-0.39, 0.29) is 30.2 Å². The molecule has 1 amide bonds. The molecule has 0 saturated carbocycles. The highest BCUT2D eigenvalue weighted by atomic mass is 16.6. The second-order valence-corrected chi connectivity index (χ2v) is 6.92. The lowest BCUT2D eigenvalue weighted by Gasteiger charge is -2.18. The number of fused-ring (bicyclic) bond motifs is 1. The Balaban J connectivity index is 1.33. The maximum absolute atomic E-state index is 12.5. The van der Waals surface area contributed by atoms with E-state index in [0.717, 1.165) is 5.56 Å². The summed E-state index contributed by atoms with van der Waals surface area (Å²) in [4.78, 5) is 12.5. The molecule has 4 atom stereocenters. The first kappa shape index (κ1) is 17.0. The molecule has 2 aliphatic rings. The topological polar surface area (TPSA) is 91.2 Å². The van der Waals surface area contributed by atoms with Gasteiger partial charge in [-0.15, -0.1) is 5.10 Å². The Hall–Kier alpha value is -3.10. The monoisotopic (exact) mass is 377 g/mol. The van der Waals surface area contributed by atoms with E-state index in [1.54, 1.807) is 16.8 Å². The molecule has 8 heteroatoms. The number of carbonyl (C=O) groups excluding carboxylic acids is 1. The standard InChI is InChI=1S/C20H19N5O3/c26-20(14-9-5-2-6-10-14)21-15-11-27-18-16(12-28-17(15)18)25-19(22-23-24-25)13-7-3-1-4-8-13/h1-10,15-18H,11-12H2,(H,21,26)/t15-,16-,17+,18+/m0/s1. The minimum atomic E-state index is -0.231. The number of hydrogen-bond donors (Lipinski definition) is 1. The summed E-state index contributed by atoms with van der Waals surface area (Å²) in [6.45, 7) is 0.825. The molecule has 3 heterocycles. The second-order valence-electron chi connectivity index (χ2n) is 6.92. The van der Waals surface area contributed by atoms with Crippen LogP contribution >= 0.6 is 0 Å². The van der Waals surface area contributed by atoms with Crippen molar-refractivity contribution in [2.75, 3.05) is 13.2 Å². The third-order valence-electron chi connectivity index (χ3n) is 5.22. The first-order valence-corrected chi connectivity index (χ1v) is 9.23. The number of amides is 1. The Morgan fingerprint density at radius 3 is 2.46 bits per heavy atom. The van der Waals surface area contributed by atoms with E-state index in [9.17, 15) is 4.79 Å². The van der Waals surface area contributed by atoms with Gasteiger partial charge in [0, 0.05) is 11.1 Å². The van der Waals surface area contributed by atoms with Crippen molar-refractivity contribution in [1.29, 1.82) is 0 Å². The maximum atomic E-state index is 12.5. The van der Waals surface area contributed by atoms with Crippen molar-refractivity contribution in [3.8, 4) is 11.4 Å². The molecular formula is C20H19N5O3. The SMILES string of the molecule is O=C(N[C@H]1CO[C@H]2[C@@H]1OC[C@@H]2n1nnnc1-c1ccccc1)c1ccccc1. The number of tetrazole rings is 1. The molecule has 2 fully saturated rings. The Kier molecular flexibility index (Phi) is 4.34. The van der Waals surface area contributed by atoms with E-state index in [1.165, 1.54) is 0 Å². The van der Waals surface area contributed by atoms with Gasteiger partial charge in [0.25, 0.3) is 5.91 Å². The average molecular weight is 377 g/mol. The summed E-state index contributed by atoms with van der Waals surface area (Å²) in [5.41, 5.74) is 1.55. The van der Waals surface area contributed by atoms with Gasteiger partial charge in [0.05, 0.1) is 19.3 Å². The number of hydrogen-bond acceptors (Lipinski definition) is 6. The molecule has 1 aromatic heterocycles. The predicted molar refractivity (Wildman–Crippen MR) is 99.5 cm³/mol. The van der Waals surface area contributed by atoms with Gasteiger partial charge in [-0.25, -0.2) is 4.68 Å². The lowest BCUT2D eigenvalue weighted by molar-refractivity contribution is 0.0615. The van der Waals surface area contributed by atoms with Crippen LogP contribution in [0, 0.1) is 0 Å². The minimum Gasteiger partial charge on any atom is -0.371 e. The van der Waals surface area contributed by atoms with Crippen LogP contribution in [0.5, 0.6) is 0 Å². The molecule has 142 valence electrons. The zero-order valence-corrected chi connectivity index (χ0v) is 15.0. The molecule has 0 unspecified atom stereocenters. The van der Waals surface area contributed by atoms with Gasteiger partial charge in [-0.3, -0.25) is 4.79 Å². The minimum absolute atomic E-state index is 0.130. The van der Waals surface area contributed by atoms with Gasteiger partial charge in [-0.1, -0.05) is 48.5 Å². The first-order chi connectivity index (χ1) is 13.8. The largest absolute Gasteiger partial charge is 0.371 e. The van der Waals surface area contributed by atoms with Crippen LogP contribution in [0.25, 0.3) is 11.4 Å². The molecule has 1 N–H and O–H groups in total. The zero-order valence-electron chi connectivity index (χ0n) is 15.0. The lowest BCUT2D eigenvalue weighted by Crippen LogP contribution is -2.44. The third kappa shape index (κ3) is 2.96. The number of aromatic nitrogens is 4. The molecular weight excluding hydrogens is 358 g/mol. The van der Waals surface area contributed by atoms with Gasteiger partial charge in [-0.05, 0) is 22.6 Å². The lowest BCUT2D eigenvalue weighted by atomic mass is 10.1. The molecule has 0 bridgehead atoms. The van der Waals surface area contributed by atoms with Gasteiger partial charge in [0.1, 0.15) is 18.2 Å². The normalized spacial score (nSPS) is 26.1. The average Bonchev–Trinajstić information content (AvgIpc) is 3.46. The summed E-state index contributed by atoms with van der Waals surface area (Å²) in [6, 6.07) is 18.6. The summed E-state index contributed by atoms with van der Waals surface area (Å²) >= 11 is 0. The fraction of sp³-hybridized carbons (Fsp3) is 0.300. The van der Waals surface area contributed by atoms with Crippen molar-refractivity contribution in [3.63, 3.8) is 0 Å². The summed E-state index contributed by atoms with van der Waals surface area (Å²) in [7, 11) is 0. The number of ether oxygens (including phenoxy) is 2. The molecule has 3 aromatic rings. The van der Waals surface area contributed by atoms with Gasteiger partial charge >= 0.3 is 0 Å². The van der Waals surface area contributed by atoms with Gasteiger partial charge in [-0.2, -0.15) is 0 Å². The molecule has 5 rings (SSSR count). The van der Waals surface area contributed by atoms with Crippen LogP contribution in [0.3, 0.4) is 0 Å². The van der Waals surface area contributed by atoms with Crippen LogP contribution in [0.2, 0.25) is 0 Å². The molecule has 0 aliphatic carbocycles. The number of nitrogens with one attached hydrogen (secondary N) is 1. The second kappa shape index (κ2) is 7.14. The maximum Gasteiger partial charge on any atom is 0.251 e. The highest BCUT2D eigenvalue weighted by Crippen LogP contribution is 2.35. The van der Waals surface area contributed by atoms with Crippen LogP contribution < -0.4 is 5.32 Å². The highest BCUT2D eigenvalue weighted by Gasteiger charge is 2.50. The predicted octanol–water partition coefficient (Wildman–Crippen LogP) is 1.48. The number of benzene rings is 2. The van der Waals surface area contributed by atoms with Crippen molar-refractivity contribution in [3.05, 3.63) is 66.2 Å². The van der Waals surface area contributed by atoms with Crippen LogP contribution in [0.4, 0.5) is 0 Å². The third-order valence-corrected chi connectivity index (χ3v) is 5.22. The first-order valence-electron chi connectivity index (χ1n) is 9.23.